The van der Waals surface area contributed by atoms with Gasteiger partial charge in [-0.15, -0.1) is 0 Å². The van der Waals surface area contributed by atoms with Crippen molar-refractivity contribution in [2.75, 3.05) is 0 Å². The average molecular weight is 379 g/mol. The molecule has 0 aliphatic rings. The molecule has 7 heteroatoms. The van der Waals surface area contributed by atoms with Gasteiger partial charge in [-0.05, 0) is 48.6 Å². The van der Waals surface area contributed by atoms with Crippen molar-refractivity contribution in [2.45, 2.75) is 0 Å². The molecule has 132 valence electrons. The number of nitro benzene ring substituents is 1. The van der Waals surface area contributed by atoms with E-state index in [2.05, 4.69) is 0 Å². The summed E-state index contributed by atoms with van der Waals surface area (Å²) in [7, 11) is 0. The van der Waals surface area contributed by atoms with Crippen LogP contribution in [0.15, 0.2) is 65.1 Å². The van der Waals surface area contributed by atoms with E-state index >= 15 is 0 Å². The maximum Gasteiger partial charge on any atom is 0.281 e. The van der Waals surface area contributed by atoms with Crippen molar-refractivity contribution in [2.24, 2.45) is 0 Å². The highest BCUT2D eigenvalue weighted by atomic mass is 35.5. The second-order valence-electron chi connectivity index (χ2n) is 5.51. The lowest BCUT2D eigenvalue weighted by Gasteiger charge is -2.00. The number of furan rings is 1. The third-order valence-electron chi connectivity index (χ3n) is 3.72. The molecule has 0 fully saturated rings. The van der Waals surface area contributed by atoms with Gasteiger partial charge in [0.25, 0.3) is 5.69 Å². The van der Waals surface area contributed by atoms with E-state index in [9.17, 15) is 14.9 Å². The Morgan fingerprint density at radius 3 is 2.74 bits per heavy atom. The zero-order valence-corrected chi connectivity index (χ0v) is 14.5. The SMILES string of the molecule is N#Cc1cccc(C(=O)C=Cc2ccc(-c3ccc(Cl)cc3[N+](=O)[O-])o2)c1. The van der Waals surface area contributed by atoms with Gasteiger partial charge in [0.1, 0.15) is 11.5 Å². The molecule has 0 amide bonds. The first-order valence-corrected chi connectivity index (χ1v) is 8.12. The number of nitro groups is 1. The van der Waals surface area contributed by atoms with Crippen molar-refractivity contribution < 1.29 is 14.1 Å². The Morgan fingerprint density at radius 2 is 2.00 bits per heavy atom. The van der Waals surface area contributed by atoms with E-state index in [0.717, 1.165) is 0 Å². The average Bonchev–Trinajstić information content (AvgIpc) is 3.14. The van der Waals surface area contributed by atoms with Crippen molar-refractivity contribution in [1.29, 1.82) is 5.26 Å². The van der Waals surface area contributed by atoms with Crippen LogP contribution in [-0.2, 0) is 0 Å². The van der Waals surface area contributed by atoms with Crippen LogP contribution in [0.2, 0.25) is 5.02 Å². The molecule has 0 atom stereocenters. The Morgan fingerprint density at radius 1 is 1.19 bits per heavy atom. The van der Waals surface area contributed by atoms with Crippen molar-refractivity contribution >= 4 is 29.1 Å². The Hall–Kier alpha value is -3.69. The van der Waals surface area contributed by atoms with Gasteiger partial charge >= 0.3 is 0 Å². The molecular formula is C20H11ClN2O4. The normalized spacial score (nSPS) is 10.7. The predicted molar refractivity (Wildman–Crippen MR) is 100 cm³/mol. The fraction of sp³-hybridized carbons (Fsp3) is 0. The highest BCUT2D eigenvalue weighted by Gasteiger charge is 2.18. The molecule has 0 spiro atoms. The summed E-state index contributed by atoms with van der Waals surface area (Å²) in [5.74, 6) is 0.360. The number of hydrogen-bond acceptors (Lipinski definition) is 5. The number of ketones is 1. The van der Waals surface area contributed by atoms with Gasteiger partial charge in [0.15, 0.2) is 5.78 Å². The summed E-state index contributed by atoms with van der Waals surface area (Å²) in [5.41, 5.74) is 0.892. The van der Waals surface area contributed by atoms with Gasteiger partial charge in [0.2, 0.25) is 0 Å². The first-order valence-electron chi connectivity index (χ1n) is 7.74. The summed E-state index contributed by atoms with van der Waals surface area (Å²) in [6.45, 7) is 0. The van der Waals surface area contributed by atoms with Crippen LogP contribution in [0.1, 0.15) is 21.7 Å². The van der Waals surface area contributed by atoms with E-state index in [1.807, 2.05) is 6.07 Å². The van der Waals surface area contributed by atoms with Crippen LogP contribution >= 0.6 is 11.6 Å². The van der Waals surface area contributed by atoms with E-state index in [1.54, 1.807) is 30.3 Å². The molecule has 0 bridgehead atoms. The molecule has 0 N–H and O–H groups in total. The number of carbonyl (C=O) groups is 1. The second-order valence-corrected chi connectivity index (χ2v) is 5.95. The number of halogens is 1. The smallest absolute Gasteiger partial charge is 0.281 e. The first-order chi connectivity index (χ1) is 13.0. The minimum Gasteiger partial charge on any atom is -0.456 e. The molecule has 6 nitrogen and oxygen atoms in total. The summed E-state index contributed by atoms with van der Waals surface area (Å²) in [5, 5.41) is 20.3. The number of carbonyl (C=O) groups excluding carboxylic acids is 1. The minimum absolute atomic E-state index is 0.170. The maximum atomic E-state index is 12.2. The number of benzene rings is 2. The minimum atomic E-state index is -0.537. The van der Waals surface area contributed by atoms with Gasteiger partial charge in [-0.25, -0.2) is 0 Å². The fourth-order valence-electron chi connectivity index (χ4n) is 2.45. The van der Waals surface area contributed by atoms with Gasteiger partial charge in [0.05, 0.1) is 22.1 Å². The summed E-state index contributed by atoms with van der Waals surface area (Å²) in [6.07, 6.45) is 2.78. The zero-order valence-electron chi connectivity index (χ0n) is 13.8. The molecule has 27 heavy (non-hydrogen) atoms. The van der Waals surface area contributed by atoms with Crippen LogP contribution < -0.4 is 0 Å². The van der Waals surface area contributed by atoms with E-state index in [4.69, 9.17) is 21.3 Å². The van der Waals surface area contributed by atoms with Gasteiger partial charge in [-0.1, -0.05) is 23.7 Å². The molecule has 0 aliphatic heterocycles. The Bertz CT molecular complexity index is 1110. The van der Waals surface area contributed by atoms with Crippen LogP contribution in [0.4, 0.5) is 5.69 Å². The van der Waals surface area contributed by atoms with Crippen LogP contribution in [0, 0.1) is 21.4 Å². The molecule has 2 aromatic carbocycles. The van der Waals surface area contributed by atoms with Gasteiger partial charge in [-0.3, -0.25) is 14.9 Å². The number of hydrogen-bond donors (Lipinski definition) is 0. The largest absolute Gasteiger partial charge is 0.456 e. The molecule has 1 aromatic heterocycles. The van der Waals surface area contributed by atoms with Crippen LogP contribution in [0.25, 0.3) is 17.4 Å². The van der Waals surface area contributed by atoms with Crippen molar-refractivity contribution in [3.63, 3.8) is 0 Å². The number of nitriles is 1. The molecule has 0 unspecified atom stereocenters. The lowest BCUT2D eigenvalue weighted by Crippen LogP contribution is -1.94. The molecule has 3 rings (SSSR count). The van der Waals surface area contributed by atoms with Crippen LogP contribution in [-0.4, -0.2) is 10.7 Å². The summed E-state index contributed by atoms with van der Waals surface area (Å²) < 4.78 is 5.59. The topological polar surface area (TPSA) is 97.1 Å². The maximum absolute atomic E-state index is 12.2. The number of allylic oxidation sites excluding steroid dienone is 1. The molecule has 0 saturated heterocycles. The number of rotatable bonds is 5. The zero-order chi connectivity index (χ0) is 19.4. The second kappa shape index (κ2) is 7.68. The monoisotopic (exact) mass is 378 g/mol. The van der Waals surface area contributed by atoms with E-state index in [0.29, 0.717) is 16.9 Å². The Labute approximate surface area is 159 Å². The Balaban J connectivity index is 1.84. The molecule has 3 aromatic rings. The lowest BCUT2D eigenvalue weighted by molar-refractivity contribution is -0.384. The molecule has 1 heterocycles. The van der Waals surface area contributed by atoms with Crippen LogP contribution in [0.3, 0.4) is 0 Å². The highest BCUT2D eigenvalue weighted by molar-refractivity contribution is 6.30. The third kappa shape index (κ3) is 4.11. The molecule has 0 saturated carbocycles. The van der Waals surface area contributed by atoms with E-state index in [-0.39, 0.29) is 27.8 Å². The van der Waals surface area contributed by atoms with Crippen LogP contribution in [0.5, 0.6) is 0 Å². The third-order valence-corrected chi connectivity index (χ3v) is 3.96. The fourth-order valence-corrected chi connectivity index (χ4v) is 2.61. The lowest BCUT2D eigenvalue weighted by atomic mass is 10.1. The quantitative estimate of drug-likeness (QED) is 0.260. The first kappa shape index (κ1) is 18.1. The Kier molecular flexibility index (Phi) is 5.15. The summed E-state index contributed by atoms with van der Waals surface area (Å²) in [4.78, 5) is 22.9. The molecular weight excluding hydrogens is 368 g/mol. The van der Waals surface area contributed by atoms with Crippen molar-refractivity contribution in [1.82, 2.24) is 0 Å². The van der Waals surface area contributed by atoms with E-state index in [1.165, 1.54) is 36.4 Å². The van der Waals surface area contributed by atoms with Crippen molar-refractivity contribution in [3.05, 3.63) is 92.7 Å². The highest BCUT2D eigenvalue weighted by Crippen LogP contribution is 2.33. The van der Waals surface area contributed by atoms with Crippen molar-refractivity contribution in [3.8, 4) is 17.4 Å². The number of nitrogens with zero attached hydrogens (tertiary/aromatic N) is 2. The predicted octanol–water partition coefficient (Wildman–Crippen LogP) is 5.28. The van der Waals surface area contributed by atoms with Gasteiger partial charge in [-0.2, -0.15) is 5.26 Å². The summed E-state index contributed by atoms with van der Waals surface area (Å²) >= 11 is 5.81. The standard InChI is InChI=1S/C20H11ClN2O4/c21-15-4-7-17(18(11-15)23(25)26)20-9-6-16(27-20)5-8-19(24)14-3-1-2-13(10-14)12-22/h1-11H. The molecule has 0 aliphatic carbocycles. The molecule has 0 radical (unpaired) electrons. The van der Waals surface area contributed by atoms with Gasteiger partial charge in [0, 0.05) is 16.7 Å². The van der Waals surface area contributed by atoms with Gasteiger partial charge < -0.3 is 4.42 Å². The summed E-state index contributed by atoms with van der Waals surface area (Å²) in [6, 6.07) is 15.8. The van der Waals surface area contributed by atoms with E-state index < -0.39 is 4.92 Å².